The first kappa shape index (κ1) is 29.3. The number of halogens is 5. The van der Waals surface area contributed by atoms with Crippen LogP contribution in [0.2, 0.25) is 0 Å². The van der Waals surface area contributed by atoms with Crippen LogP contribution in [0, 0.1) is 0 Å². The molecule has 0 saturated carbocycles. The highest BCUT2D eigenvalue weighted by Crippen LogP contribution is 2.39. The fourth-order valence-electron chi connectivity index (χ4n) is 3.78. The molecule has 196 valence electrons. The first-order valence-electron chi connectivity index (χ1n) is 11.5. The number of hydrogen-bond acceptors (Lipinski definition) is 5. The molecule has 0 bridgehead atoms. The van der Waals surface area contributed by atoms with Crippen molar-refractivity contribution in [3.63, 3.8) is 0 Å². The molecule has 1 aliphatic heterocycles. The van der Waals surface area contributed by atoms with E-state index in [1.54, 1.807) is 18.6 Å². The lowest BCUT2D eigenvalue weighted by Crippen LogP contribution is -2.20. The Kier molecular flexibility index (Phi) is 11.4. The van der Waals surface area contributed by atoms with E-state index in [-0.39, 0.29) is 11.0 Å². The molecule has 2 aromatic heterocycles. The Balaban J connectivity index is 0.00000109. The van der Waals surface area contributed by atoms with Crippen molar-refractivity contribution >= 4 is 17.4 Å². The summed E-state index contributed by atoms with van der Waals surface area (Å²) in [5.41, 5.74) is 3.34. The number of rotatable bonds is 5. The highest BCUT2D eigenvalue weighted by molar-refractivity contribution is 6.32. The van der Waals surface area contributed by atoms with Gasteiger partial charge in [-0.2, -0.15) is 13.2 Å². The van der Waals surface area contributed by atoms with E-state index in [0.29, 0.717) is 18.5 Å². The maximum absolute atomic E-state index is 14.7. The largest absolute Gasteiger partial charge is 0.485 e. The van der Waals surface area contributed by atoms with E-state index >= 15 is 0 Å². The van der Waals surface area contributed by atoms with Crippen LogP contribution in [-0.2, 0) is 4.74 Å². The lowest BCUT2D eigenvalue weighted by molar-refractivity contribution is -0.166. The van der Waals surface area contributed by atoms with Crippen molar-refractivity contribution in [2.24, 2.45) is 0 Å². The van der Waals surface area contributed by atoms with E-state index < -0.39 is 24.7 Å². The molecule has 4 rings (SSSR count). The first-order valence-corrected chi connectivity index (χ1v) is 11.9. The Bertz CT molecular complexity index is 1070. The van der Waals surface area contributed by atoms with Gasteiger partial charge in [-0.05, 0) is 60.3 Å². The average Bonchev–Trinajstić information content (AvgIpc) is 3.03. The molecule has 5 nitrogen and oxygen atoms in total. The summed E-state index contributed by atoms with van der Waals surface area (Å²) in [5, 5.41) is 10.5. The van der Waals surface area contributed by atoms with Gasteiger partial charge in [0, 0.05) is 48.4 Å². The molecular weight excluding hydrogens is 498 g/mol. The van der Waals surface area contributed by atoms with Crippen LogP contribution in [0.3, 0.4) is 0 Å². The second-order valence-electron chi connectivity index (χ2n) is 7.60. The van der Waals surface area contributed by atoms with Crippen LogP contribution in [0.25, 0.3) is 11.1 Å². The summed E-state index contributed by atoms with van der Waals surface area (Å²) in [5.74, 6) is 0.350. The molecule has 3 heterocycles. The zero-order valence-electron chi connectivity index (χ0n) is 20.3. The van der Waals surface area contributed by atoms with Gasteiger partial charge in [0.15, 0.2) is 12.8 Å². The van der Waals surface area contributed by atoms with E-state index in [2.05, 4.69) is 20.0 Å². The molecule has 0 saturated heterocycles. The van der Waals surface area contributed by atoms with Gasteiger partial charge in [0.2, 0.25) is 0 Å². The number of alkyl halides is 4. The number of fused-ring (bicyclic) bond motifs is 1. The minimum atomic E-state index is -4.55. The molecule has 0 radical (unpaired) electrons. The van der Waals surface area contributed by atoms with Crippen molar-refractivity contribution in [3.05, 3.63) is 76.9 Å². The molecule has 2 unspecified atom stereocenters. The van der Waals surface area contributed by atoms with Gasteiger partial charge in [0.05, 0.1) is 0 Å². The van der Waals surface area contributed by atoms with Crippen LogP contribution in [0.5, 0.6) is 0 Å². The average molecular weight is 528 g/mol. The van der Waals surface area contributed by atoms with Gasteiger partial charge < -0.3 is 15.2 Å². The number of aromatic nitrogens is 2. The quantitative estimate of drug-likeness (QED) is 0.413. The third kappa shape index (κ3) is 8.06. The Hall–Kier alpha value is -2.91. The van der Waals surface area contributed by atoms with E-state index in [9.17, 15) is 17.6 Å². The van der Waals surface area contributed by atoms with Gasteiger partial charge in [0.1, 0.15) is 11.6 Å². The summed E-state index contributed by atoms with van der Waals surface area (Å²) in [7, 11) is 1.00. The van der Waals surface area contributed by atoms with E-state index in [1.165, 1.54) is 12.2 Å². The molecule has 0 fully saturated rings. The number of nitrogens with zero attached hydrogens (tertiary/aromatic N) is 2. The number of allylic oxidation sites excluding steroid dienone is 5. The maximum atomic E-state index is 14.7. The molecule has 2 aliphatic rings. The molecule has 10 heteroatoms. The Morgan fingerprint density at radius 1 is 1.17 bits per heavy atom. The van der Waals surface area contributed by atoms with Crippen molar-refractivity contribution in [3.8, 4) is 11.1 Å². The SMILES string of the molecule is CC.CO.FC1C=C(CC2CCNc3ncc(-c4cccnc4)cc32)C(Cl)=CC=C1OCC(F)(F)F. The fraction of sp³-hybridized carbons (Fsp3) is 0.385. The minimum Gasteiger partial charge on any atom is -0.485 e. The van der Waals surface area contributed by atoms with Crippen LogP contribution < -0.4 is 5.32 Å². The Labute approximate surface area is 213 Å². The summed E-state index contributed by atoms with van der Waals surface area (Å²) in [6, 6.07) is 5.82. The standard InChI is InChI=1S/C23H20ClF4N3O.C2H6.CH4O/c24-19-3-4-21(32-13-23(26,27)28)20(25)10-16(19)8-14-5-7-30-22-18(14)9-17(12-31-22)15-2-1-6-29-11-15;2*1-2/h1-4,6,9-12,14,20H,5,7-8,13H2,(H,30,31);1-2H3;2H,1H3. The predicted molar refractivity (Wildman–Crippen MR) is 134 cm³/mol. The van der Waals surface area contributed by atoms with Crippen LogP contribution in [0.4, 0.5) is 23.4 Å². The highest BCUT2D eigenvalue weighted by Gasteiger charge is 2.31. The second kappa shape index (κ2) is 14.0. The number of anilines is 1. The van der Waals surface area contributed by atoms with Gasteiger partial charge in [-0.25, -0.2) is 9.37 Å². The first-order chi connectivity index (χ1) is 17.3. The molecule has 0 amide bonds. The van der Waals surface area contributed by atoms with Gasteiger partial charge in [0.25, 0.3) is 0 Å². The summed E-state index contributed by atoms with van der Waals surface area (Å²) in [4.78, 5) is 8.68. The van der Waals surface area contributed by atoms with E-state index in [0.717, 1.165) is 42.1 Å². The smallest absolute Gasteiger partial charge is 0.422 e. The Morgan fingerprint density at radius 2 is 1.92 bits per heavy atom. The van der Waals surface area contributed by atoms with Gasteiger partial charge in [-0.1, -0.05) is 31.5 Å². The third-order valence-corrected chi connectivity index (χ3v) is 5.69. The van der Waals surface area contributed by atoms with Gasteiger partial charge in [-0.3, -0.25) is 4.98 Å². The second-order valence-corrected chi connectivity index (χ2v) is 8.01. The van der Waals surface area contributed by atoms with Crippen LogP contribution in [0.1, 0.15) is 38.2 Å². The topological polar surface area (TPSA) is 67.3 Å². The molecular formula is C26H30ClF4N3O2. The molecule has 36 heavy (non-hydrogen) atoms. The van der Waals surface area contributed by atoms with Gasteiger partial charge >= 0.3 is 6.18 Å². The number of pyridine rings is 2. The van der Waals surface area contributed by atoms with Crippen molar-refractivity contribution in [1.82, 2.24) is 9.97 Å². The third-order valence-electron chi connectivity index (χ3n) is 5.33. The number of ether oxygens (including phenoxy) is 1. The van der Waals surface area contributed by atoms with E-state index in [1.807, 2.05) is 32.0 Å². The maximum Gasteiger partial charge on any atom is 0.422 e. The Morgan fingerprint density at radius 3 is 2.58 bits per heavy atom. The van der Waals surface area contributed by atoms with Crippen molar-refractivity contribution in [2.75, 3.05) is 25.6 Å². The fourth-order valence-corrected chi connectivity index (χ4v) is 3.98. The normalized spacial score (nSPS) is 18.9. The molecule has 0 spiro atoms. The van der Waals surface area contributed by atoms with Crippen molar-refractivity contribution < 1.29 is 27.4 Å². The van der Waals surface area contributed by atoms with Gasteiger partial charge in [-0.15, -0.1) is 0 Å². The number of aliphatic hydroxyl groups excluding tert-OH is 1. The van der Waals surface area contributed by atoms with E-state index in [4.69, 9.17) is 16.7 Å². The zero-order valence-corrected chi connectivity index (χ0v) is 21.1. The highest BCUT2D eigenvalue weighted by atomic mass is 35.5. The summed E-state index contributed by atoms with van der Waals surface area (Å²) >= 11 is 6.35. The van der Waals surface area contributed by atoms with Crippen molar-refractivity contribution in [1.29, 1.82) is 0 Å². The summed E-state index contributed by atoms with van der Waals surface area (Å²) in [6.45, 7) is 3.14. The molecule has 2 N–H and O–H groups in total. The lowest BCUT2D eigenvalue weighted by atomic mass is 9.86. The number of nitrogens with one attached hydrogen (secondary N) is 1. The summed E-state index contributed by atoms with van der Waals surface area (Å²) in [6.07, 6.45) is 3.81. The molecule has 2 atom stereocenters. The van der Waals surface area contributed by atoms with Crippen molar-refractivity contribution in [2.45, 2.75) is 45.0 Å². The zero-order chi connectivity index (χ0) is 26.7. The molecule has 1 aliphatic carbocycles. The minimum absolute atomic E-state index is 0.00798. The van der Waals surface area contributed by atoms with Crippen LogP contribution in [-0.4, -0.2) is 47.7 Å². The number of hydrogen-bond donors (Lipinski definition) is 2. The number of aliphatic hydroxyl groups is 1. The van der Waals surface area contributed by atoms with Crippen LogP contribution in [0.15, 0.2) is 71.4 Å². The lowest BCUT2D eigenvalue weighted by Gasteiger charge is -2.27. The molecule has 0 aromatic carbocycles. The predicted octanol–water partition coefficient (Wildman–Crippen LogP) is 6.93. The monoisotopic (exact) mass is 527 g/mol. The van der Waals surface area contributed by atoms with Crippen LogP contribution >= 0.6 is 11.6 Å². The summed E-state index contributed by atoms with van der Waals surface area (Å²) < 4.78 is 56.7. The molecule has 2 aromatic rings.